The summed E-state index contributed by atoms with van der Waals surface area (Å²) < 4.78 is 5.45. The van der Waals surface area contributed by atoms with Gasteiger partial charge in [-0.2, -0.15) is 0 Å². The van der Waals surface area contributed by atoms with E-state index in [0.29, 0.717) is 12.5 Å². The Kier molecular flexibility index (Phi) is 4.22. The van der Waals surface area contributed by atoms with E-state index < -0.39 is 0 Å². The van der Waals surface area contributed by atoms with Gasteiger partial charge in [-0.1, -0.05) is 19.8 Å². The minimum absolute atomic E-state index is 0.0689. The van der Waals surface area contributed by atoms with Crippen LogP contribution in [0.15, 0.2) is 0 Å². The highest BCUT2D eigenvalue weighted by atomic mass is 16.5. The summed E-state index contributed by atoms with van der Waals surface area (Å²) in [4.78, 5) is 0. The van der Waals surface area contributed by atoms with Crippen LogP contribution >= 0.6 is 0 Å². The Morgan fingerprint density at radius 3 is 2.36 bits per heavy atom. The van der Waals surface area contributed by atoms with Crippen molar-refractivity contribution < 1.29 is 4.74 Å². The molecule has 11 heavy (non-hydrogen) atoms. The van der Waals surface area contributed by atoms with E-state index in [2.05, 4.69) is 33.6 Å². The Hall–Kier alpha value is -0.480. The third-order valence-corrected chi connectivity index (χ3v) is 1.45. The Balaban J connectivity index is 3.72. The van der Waals surface area contributed by atoms with Crippen molar-refractivity contribution in [1.29, 1.82) is 0 Å². The summed E-state index contributed by atoms with van der Waals surface area (Å²) >= 11 is 0. The molecular weight excluding hydrogens is 136 g/mol. The molecule has 64 valence electrons. The summed E-state index contributed by atoms with van der Waals surface area (Å²) in [6, 6.07) is 0. The van der Waals surface area contributed by atoms with E-state index in [1.807, 2.05) is 0 Å². The fourth-order valence-corrected chi connectivity index (χ4v) is 1.28. The summed E-state index contributed by atoms with van der Waals surface area (Å²) in [5, 5.41) is 0. The van der Waals surface area contributed by atoms with Gasteiger partial charge >= 0.3 is 0 Å². The van der Waals surface area contributed by atoms with E-state index in [-0.39, 0.29) is 5.60 Å². The van der Waals surface area contributed by atoms with Crippen LogP contribution in [0.1, 0.15) is 34.1 Å². The summed E-state index contributed by atoms with van der Waals surface area (Å²) in [6.45, 7) is 8.93. The first kappa shape index (κ1) is 10.5. The molecular formula is C10H18O. The maximum atomic E-state index is 5.45. The van der Waals surface area contributed by atoms with Crippen molar-refractivity contribution in [2.24, 2.45) is 5.92 Å². The van der Waals surface area contributed by atoms with Crippen molar-refractivity contribution in [2.45, 2.75) is 39.7 Å². The first-order valence-electron chi connectivity index (χ1n) is 4.05. The lowest BCUT2D eigenvalue weighted by Gasteiger charge is -2.25. The highest BCUT2D eigenvalue weighted by Gasteiger charge is 2.18. The van der Waals surface area contributed by atoms with Gasteiger partial charge in [0.2, 0.25) is 0 Å². The zero-order chi connectivity index (χ0) is 8.91. The molecule has 1 heteroatoms. The van der Waals surface area contributed by atoms with E-state index in [4.69, 9.17) is 11.2 Å². The van der Waals surface area contributed by atoms with E-state index in [1.165, 1.54) is 0 Å². The van der Waals surface area contributed by atoms with Crippen LogP contribution in [0, 0.1) is 18.3 Å². The predicted octanol–water partition coefficient (Wildman–Crippen LogP) is 2.46. The molecule has 0 fully saturated rings. The topological polar surface area (TPSA) is 9.23 Å². The molecule has 0 unspecified atom stereocenters. The third-order valence-electron chi connectivity index (χ3n) is 1.45. The Morgan fingerprint density at radius 2 is 2.00 bits per heavy atom. The van der Waals surface area contributed by atoms with Gasteiger partial charge in [0.1, 0.15) is 6.61 Å². The molecule has 0 heterocycles. The minimum Gasteiger partial charge on any atom is -0.363 e. The molecule has 0 aromatic carbocycles. The zero-order valence-electron chi connectivity index (χ0n) is 7.98. The minimum atomic E-state index is -0.0689. The SMILES string of the molecule is C#CCOC(C)(C)CC(C)C. The van der Waals surface area contributed by atoms with Crippen LogP contribution in [0.25, 0.3) is 0 Å². The molecule has 0 bridgehead atoms. The van der Waals surface area contributed by atoms with Crippen LogP contribution in [0.4, 0.5) is 0 Å². The second kappa shape index (κ2) is 4.41. The van der Waals surface area contributed by atoms with Gasteiger partial charge in [-0.25, -0.2) is 0 Å². The summed E-state index contributed by atoms with van der Waals surface area (Å²) in [5.41, 5.74) is -0.0689. The van der Waals surface area contributed by atoms with Crippen molar-refractivity contribution in [3.8, 4) is 12.3 Å². The van der Waals surface area contributed by atoms with E-state index in [1.54, 1.807) is 0 Å². The second-order valence-corrected chi connectivity index (χ2v) is 3.85. The van der Waals surface area contributed by atoms with Gasteiger partial charge in [-0.15, -0.1) is 6.42 Å². The number of ether oxygens (including phenoxy) is 1. The van der Waals surface area contributed by atoms with Gasteiger partial charge in [0, 0.05) is 0 Å². The van der Waals surface area contributed by atoms with Crippen molar-refractivity contribution >= 4 is 0 Å². The number of hydrogen-bond acceptors (Lipinski definition) is 1. The van der Waals surface area contributed by atoms with Crippen LogP contribution in [0.3, 0.4) is 0 Å². The molecule has 0 rings (SSSR count). The highest BCUT2D eigenvalue weighted by Crippen LogP contribution is 2.19. The maximum Gasteiger partial charge on any atom is 0.108 e. The summed E-state index contributed by atoms with van der Waals surface area (Å²) in [7, 11) is 0. The van der Waals surface area contributed by atoms with Crippen molar-refractivity contribution in [3.63, 3.8) is 0 Å². The molecule has 0 saturated carbocycles. The number of rotatable bonds is 4. The lowest BCUT2D eigenvalue weighted by atomic mass is 9.96. The van der Waals surface area contributed by atoms with Gasteiger partial charge in [-0.05, 0) is 26.2 Å². The fraction of sp³-hybridized carbons (Fsp3) is 0.800. The molecule has 0 aromatic rings. The molecule has 0 aromatic heterocycles. The van der Waals surface area contributed by atoms with Crippen molar-refractivity contribution in [3.05, 3.63) is 0 Å². The molecule has 0 N–H and O–H groups in total. The fourth-order valence-electron chi connectivity index (χ4n) is 1.28. The molecule has 0 saturated heterocycles. The van der Waals surface area contributed by atoms with Crippen LogP contribution in [-0.2, 0) is 4.74 Å². The smallest absolute Gasteiger partial charge is 0.108 e. The van der Waals surface area contributed by atoms with E-state index in [9.17, 15) is 0 Å². The van der Waals surface area contributed by atoms with Crippen LogP contribution in [0.5, 0.6) is 0 Å². The number of terminal acetylenes is 1. The van der Waals surface area contributed by atoms with Crippen LogP contribution < -0.4 is 0 Å². The molecule has 0 aliphatic carbocycles. The molecule has 0 amide bonds. The summed E-state index contributed by atoms with van der Waals surface area (Å²) in [5.74, 6) is 3.13. The lowest BCUT2D eigenvalue weighted by molar-refractivity contribution is -0.0131. The van der Waals surface area contributed by atoms with Crippen molar-refractivity contribution in [2.75, 3.05) is 6.61 Å². The van der Waals surface area contributed by atoms with E-state index >= 15 is 0 Å². The predicted molar refractivity (Wildman–Crippen MR) is 48.3 cm³/mol. The quantitative estimate of drug-likeness (QED) is 0.565. The Bertz CT molecular complexity index is 139. The highest BCUT2D eigenvalue weighted by molar-refractivity contribution is 4.85. The van der Waals surface area contributed by atoms with Gasteiger partial charge in [0.25, 0.3) is 0 Å². The molecule has 0 atom stereocenters. The first-order chi connectivity index (χ1) is 4.98. The Morgan fingerprint density at radius 1 is 1.45 bits per heavy atom. The van der Waals surface area contributed by atoms with Crippen LogP contribution in [0.2, 0.25) is 0 Å². The first-order valence-corrected chi connectivity index (χ1v) is 4.05. The van der Waals surface area contributed by atoms with Crippen molar-refractivity contribution in [1.82, 2.24) is 0 Å². The molecule has 0 aliphatic heterocycles. The van der Waals surface area contributed by atoms with Gasteiger partial charge in [-0.3, -0.25) is 0 Å². The monoisotopic (exact) mass is 154 g/mol. The Labute approximate surface area is 70.1 Å². The average Bonchev–Trinajstić information content (AvgIpc) is 1.81. The summed E-state index contributed by atoms with van der Waals surface area (Å²) in [6.07, 6.45) is 6.14. The third kappa shape index (κ3) is 5.94. The number of hydrogen-bond donors (Lipinski definition) is 0. The molecule has 0 aliphatic rings. The van der Waals surface area contributed by atoms with Gasteiger partial charge in [0.05, 0.1) is 5.60 Å². The lowest BCUT2D eigenvalue weighted by Crippen LogP contribution is -2.26. The molecule has 0 spiro atoms. The average molecular weight is 154 g/mol. The molecule has 1 nitrogen and oxygen atoms in total. The van der Waals surface area contributed by atoms with E-state index in [0.717, 1.165) is 6.42 Å². The largest absolute Gasteiger partial charge is 0.363 e. The maximum absolute atomic E-state index is 5.45. The zero-order valence-corrected chi connectivity index (χ0v) is 7.98. The van der Waals surface area contributed by atoms with Gasteiger partial charge < -0.3 is 4.74 Å². The van der Waals surface area contributed by atoms with Gasteiger partial charge in [0.15, 0.2) is 0 Å². The molecule has 0 radical (unpaired) electrons. The van der Waals surface area contributed by atoms with Crippen LogP contribution in [-0.4, -0.2) is 12.2 Å². The second-order valence-electron chi connectivity index (χ2n) is 3.85. The standard InChI is InChI=1S/C10H18O/c1-6-7-11-10(4,5)8-9(2)3/h1,9H,7-8H2,2-5H3. The normalized spacial score (nSPS) is 11.6.